The SMILES string of the molecule is CCOC(=O)C1=C(CN2CCCN(C(=O)CC)CC2)N(CC)C(=O)NC1c1ccc(C)cc1C. The molecule has 0 aromatic heterocycles. The van der Waals surface area contributed by atoms with Crippen molar-refractivity contribution < 1.29 is 19.1 Å². The lowest BCUT2D eigenvalue weighted by Gasteiger charge is -2.38. The Balaban J connectivity index is 2.02. The van der Waals surface area contributed by atoms with E-state index in [-0.39, 0.29) is 18.5 Å². The molecule has 0 spiro atoms. The van der Waals surface area contributed by atoms with E-state index in [2.05, 4.69) is 16.3 Å². The van der Waals surface area contributed by atoms with Crippen LogP contribution in [0.3, 0.4) is 0 Å². The predicted octanol–water partition coefficient (Wildman–Crippen LogP) is 3.15. The number of aryl methyl sites for hydroxylation is 2. The Bertz CT molecular complexity index is 958. The van der Waals surface area contributed by atoms with Crippen LogP contribution in [0.15, 0.2) is 29.5 Å². The van der Waals surface area contributed by atoms with Gasteiger partial charge in [0.05, 0.1) is 18.2 Å². The molecule has 2 heterocycles. The summed E-state index contributed by atoms with van der Waals surface area (Å²) in [4.78, 5) is 44.5. The standard InChI is InChI=1S/C26H38N4O4/c1-6-22(31)29-13-9-12-28(14-15-29)17-21-23(25(32)34-8-3)24(27-26(33)30(21)7-2)20-11-10-18(4)16-19(20)5/h10-11,16,24H,6-9,12-15,17H2,1-5H3,(H,27,33). The fraction of sp³-hybridized carbons (Fsp3) is 0.577. The van der Waals surface area contributed by atoms with Gasteiger partial charge in [-0.2, -0.15) is 0 Å². The number of hydrogen-bond acceptors (Lipinski definition) is 5. The highest BCUT2D eigenvalue weighted by molar-refractivity contribution is 5.95. The first kappa shape index (κ1) is 25.7. The Morgan fingerprint density at radius 2 is 1.85 bits per heavy atom. The van der Waals surface area contributed by atoms with Crippen LogP contribution >= 0.6 is 0 Å². The van der Waals surface area contributed by atoms with Crippen LogP contribution in [0, 0.1) is 13.8 Å². The Morgan fingerprint density at radius 3 is 2.50 bits per heavy atom. The van der Waals surface area contributed by atoms with Gasteiger partial charge in [-0.05, 0) is 45.2 Å². The maximum absolute atomic E-state index is 13.3. The minimum Gasteiger partial charge on any atom is -0.463 e. The molecule has 1 aromatic carbocycles. The number of hydrogen-bond donors (Lipinski definition) is 1. The van der Waals surface area contributed by atoms with E-state index in [9.17, 15) is 14.4 Å². The van der Waals surface area contributed by atoms with Gasteiger partial charge in [0.25, 0.3) is 0 Å². The third-order valence-corrected chi connectivity index (χ3v) is 6.60. The van der Waals surface area contributed by atoms with Crippen molar-refractivity contribution in [2.45, 2.75) is 53.5 Å². The van der Waals surface area contributed by atoms with Gasteiger partial charge in [-0.3, -0.25) is 14.6 Å². The van der Waals surface area contributed by atoms with Gasteiger partial charge in [0.2, 0.25) is 5.91 Å². The van der Waals surface area contributed by atoms with Crippen LogP contribution in [-0.2, 0) is 14.3 Å². The van der Waals surface area contributed by atoms with E-state index in [0.717, 1.165) is 36.2 Å². The molecule has 3 amide bonds. The molecule has 1 N–H and O–H groups in total. The summed E-state index contributed by atoms with van der Waals surface area (Å²) in [7, 11) is 0. The molecule has 8 heteroatoms. The molecule has 34 heavy (non-hydrogen) atoms. The van der Waals surface area contributed by atoms with Crippen molar-refractivity contribution in [3.05, 3.63) is 46.2 Å². The Hall–Kier alpha value is -2.87. The number of urea groups is 1. The van der Waals surface area contributed by atoms with Crippen molar-refractivity contribution in [3.8, 4) is 0 Å². The lowest BCUT2D eigenvalue weighted by Crippen LogP contribution is -2.51. The highest BCUT2D eigenvalue weighted by Gasteiger charge is 2.39. The number of likely N-dealkylation sites (N-methyl/N-ethyl adjacent to an activating group) is 1. The highest BCUT2D eigenvalue weighted by atomic mass is 16.5. The summed E-state index contributed by atoms with van der Waals surface area (Å²) < 4.78 is 5.49. The third kappa shape index (κ3) is 5.60. The monoisotopic (exact) mass is 470 g/mol. The summed E-state index contributed by atoms with van der Waals surface area (Å²) in [6.07, 6.45) is 1.35. The normalized spacial score (nSPS) is 19.7. The van der Waals surface area contributed by atoms with Gasteiger partial charge in [-0.25, -0.2) is 9.59 Å². The number of nitrogens with zero attached hydrogens (tertiary/aromatic N) is 3. The molecule has 0 aliphatic carbocycles. The van der Waals surface area contributed by atoms with Gasteiger partial charge < -0.3 is 15.0 Å². The number of rotatable bonds is 7. The fourth-order valence-corrected chi connectivity index (χ4v) is 4.85. The molecule has 1 aromatic rings. The second-order valence-electron chi connectivity index (χ2n) is 8.93. The molecule has 1 unspecified atom stereocenters. The number of carbonyl (C=O) groups excluding carboxylic acids is 3. The average Bonchev–Trinajstić information content (AvgIpc) is 3.04. The van der Waals surface area contributed by atoms with E-state index < -0.39 is 12.0 Å². The van der Waals surface area contributed by atoms with Crippen molar-refractivity contribution in [1.82, 2.24) is 20.0 Å². The van der Waals surface area contributed by atoms with E-state index >= 15 is 0 Å². The first-order valence-electron chi connectivity index (χ1n) is 12.4. The summed E-state index contributed by atoms with van der Waals surface area (Å²) in [6.45, 7) is 13.6. The third-order valence-electron chi connectivity index (χ3n) is 6.60. The molecule has 1 atom stereocenters. The quantitative estimate of drug-likeness (QED) is 0.619. The van der Waals surface area contributed by atoms with Gasteiger partial charge in [0, 0.05) is 51.4 Å². The van der Waals surface area contributed by atoms with Crippen LogP contribution in [-0.4, -0.2) is 78.5 Å². The Morgan fingerprint density at radius 1 is 1.09 bits per heavy atom. The van der Waals surface area contributed by atoms with Crippen molar-refractivity contribution in [3.63, 3.8) is 0 Å². The predicted molar refractivity (Wildman–Crippen MR) is 131 cm³/mol. The van der Waals surface area contributed by atoms with E-state index in [1.54, 1.807) is 11.8 Å². The Labute approximate surface area is 202 Å². The van der Waals surface area contributed by atoms with Crippen LogP contribution in [0.2, 0.25) is 0 Å². The summed E-state index contributed by atoms with van der Waals surface area (Å²) in [5, 5.41) is 3.05. The molecule has 1 fully saturated rings. The van der Waals surface area contributed by atoms with Gasteiger partial charge >= 0.3 is 12.0 Å². The first-order chi connectivity index (χ1) is 16.3. The summed E-state index contributed by atoms with van der Waals surface area (Å²) >= 11 is 0. The number of carbonyl (C=O) groups is 3. The molecule has 186 valence electrons. The second kappa shape index (κ2) is 11.5. The van der Waals surface area contributed by atoms with Gasteiger partial charge in [-0.1, -0.05) is 30.7 Å². The maximum atomic E-state index is 13.3. The smallest absolute Gasteiger partial charge is 0.338 e. The molecule has 2 aliphatic rings. The van der Waals surface area contributed by atoms with Crippen molar-refractivity contribution in [2.75, 3.05) is 45.9 Å². The highest BCUT2D eigenvalue weighted by Crippen LogP contribution is 2.34. The van der Waals surface area contributed by atoms with Crippen molar-refractivity contribution in [2.24, 2.45) is 0 Å². The van der Waals surface area contributed by atoms with Crippen LogP contribution in [0.25, 0.3) is 0 Å². The summed E-state index contributed by atoms with van der Waals surface area (Å²) in [5.41, 5.74) is 4.20. The first-order valence-corrected chi connectivity index (χ1v) is 12.4. The van der Waals surface area contributed by atoms with Crippen LogP contribution in [0.4, 0.5) is 4.79 Å². The second-order valence-corrected chi connectivity index (χ2v) is 8.93. The molecule has 1 saturated heterocycles. The zero-order valence-electron chi connectivity index (χ0n) is 21.1. The van der Waals surface area contributed by atoms with Crippen LogP contribution in [0.1, 0.15) is 56.3 Å². The lowest BCUT2D eigenvalue weighted by atomic mass is 9.90. The largest absolute Gasteiger partial charge is 0.463 e. The van der Waals surface area contributed by atoms with E-state index in [0.29, 0.717) is 43.9 Å². The van der Waals surface area contributed by atoms with Crippen molar-refractivity contribution in [1.29, 1.82) is 0 Å². The minimum atomic E-state index is -0.574. The molecular formula is C26H38N4O4. The lowest BCUT2D eigenvalue weighted by molar-refractivity contribution is -0.139. The molecule has 0 bridgehead atoms. The molecule has 0 radical (unpaired) electrons. The topological polar surface area (TPSA) is 82.2 Å². The molecular weight excluding hydrogens is 432 g/mol. The Kier molecular flexibility index (Phi) is 8.72. The average molecular weight is 471 g/mol. The number of esters is 1. The number of ether oxygens (including phenoxy) is 1. The molecule has 2 aliphatic heterocycles. The van der Waals surface area contributed by atoms with Crippen LogP contribution in [0.5, 0.6) is 0 Å². The van der Waals surface area contributed by atoms with Gasteiger partial charge in [0.1, 0.15) is 0 Å². The summed E-state index contributed by atoms with van der Waals surface area (Å²) in [6, 6.07) is 5.25. The number of nitrogens with one attached hydrogen (secondary N) is 1. The van der Waals surface area contributed by atoms with E-state index in [1.807, 2.05) is 44.7 Å². The summed E-state index contributed by atoms with van der Waals surface area (Å²) in [5.74, 6) is -0.242. The van der Waals surface area contributed by atoms with Crippen molar-refractivity contribution >= 4 is 17.9 Å². The zero-order valence-corrected chi connectivity index (χ0v) is 21.1. The van der Waals surface area contributed by atoms with E-state index in [1.165, 1.54) is 0 Å². The minimum absolute atomic E-state index is 0.162. The van der Waals surface area contributed by atoms with Crippen LogP contribution < -0.4 is 5.32 Å². The zero-order chi connectivity index (χ0) is 24.8. The molecule has 3 rings (SSSR count). The fourth-order valence-electron chi connectivity index (χ4n) is 4.85. The number of amides is 3. The van der Waals surface area contributed by atoms with Gasteiger partial charge in [-0.15, -0.1) is 0 Å². The molecule has 0 saturated carbocycles. The maximum Gasteiger partial charge on any atom is 0.338 e. The number of benzene rings is 1. The molecule has 8 nitrogen and oxygen atoms in total. The van der Waals surface area contributed by atoms with Gasteiger partial charge in [0.15, 0.2) is 0 Å². The van der Waals surface area contributed by atoms with E-state index in [4.69, 9.17) is 4.74 Å².